The van der Waals surface area contributed by atoms with Crippen molar-refractivity contribution >= 4 is 40.9 Å². The predicted molar refractivity (Wildman–Crippen MR) is 170 cm³/mol. The van der Waals surface area contributed by atoms with Crippen molar-refractivity contribution in [3.63, 3.8) is 0 Å². The zero-order valence-corrected chi connectivity index (χ0v) is 26.7. The molecule has 6 atom stereocenters. The fraction of sp³-hybridized carbons (Fsp3) is 0.618. The number of carbonyl (C=O) groups excluding carboxylic acids is 2. The molecule has 1 saturated heterocycles. The number of hydrogen-bond donors (Lipinski definition) is 2. The van der Waals surface area contributed by atoms with Crippen LogP contribution in [0.2, 0.25) is 0 Å². The minimum Gasteiger partial charge on any atom is -0.404 e. The van der Waals surface area contributed by atoms with E-state index < -0.39 is 13.2 Å². The molecule has 0 unspecified atom stereocenters. The fourth-order valence-corrected chi connectivity index (χ4v) is 8.22. The summed E-state index contributed by atoms with van der Waals surface area (Å²) < 4.78 is 15.3. The molecule has 2 aromatic heterocycles. The molecule has 2 bridgehead atoms. The van der Waals surface area contributed by atoms with Crippen molar-refractivity contribution in [1.29, 1.82) is 0 Å². The number of nitrogens with zero attached hydrogens (tertiary/aromatic N) is 2. The van der Waals surface area contributed by atoms with Crippen molar-refractivity contribution < 1.29 is 18.9 Å². The smallest absolute Gasteiger partial charge is 0.404 e. The number of amides is 2. The van der Waals surface area contributed by atoms with E-state index in [1.54, 1.807) is 6.20 Å². The maximum absolute atomic E-state index is 13.9. The van der Waals surface area contributed by atoms with Gasteiger partial charge in [0.25, 0.3) is 0 Å². The molecule has 3 aromatic rings. The van der Waals surface area contributed by atoms with Crippen LogP contribution in [0.1, 0.15) is 74.1 Å². The number of aromatic nitrogens is 2. The van der Waals surface area contributed by atoms with E-state index in [4.69, 9.17) is 9.31 Å². The predicted octanol–water partition coefficient (Wildman–Crippen LogP) is 5.52. The van der Waals surface area contributed by atoms with E-state index in [2.05, 4.69) is 64.1 Å². The first kappa shape index (κ1) is 30.1. The molecule has 7 rings (SSSR count). The standard InChI is InChI=1S/C34H47BN4O4/c1-20(2)15-24(37-30(40)19-39-25-12-9-8-11-23(25)31-26(39)13-10-14-36-31)32(41)38-29(16-21(3)4)35-42-28-18-22-17-27(33(22,5)6)34(28,7)43-35/h8-14,20-22,24,27-29H,15-19H2,1-7H3,(H,37,40)(H,38,41)/t22-,24-,27-,28+,29-,34-/m0/s1. The number of benzene rings is 1. The molecule has 2 N–H and O–H groups in total. The van der Waals surface area contributed by atoms with E-state index in [0.29, 0.717) is 24.2 Å². The second kappa shape index (κ2) is 11.2. The molecule has 3 saturated carbocycles. The van der Waals surface area contributed by atoms with E-state index in [9.17, 15) is 9.59 Å². The van der Waals surface area contributed by atoms with Crippen LogP contribution in [-0.2, 0) is 25.4 Å². The zero-order valence-electron chi connectivity index (χ0n) is 26.7. The lowest BCUT2D eigenvalue weighted by molar-refractivity contribution is -0.199. The van der Waals surface area contributed by atoms with E-state index >= 15 is 0 Å². The van der Waals surface area contributed by atoms with E-state index in [-0.39, 0.29) is 47.3 Å². The first-order valence-corrected chi connectivity index (χ1v) is 16.1. The van der Waals surface area contributed by atoms with Crippen molar-refractivity contribution in [2.75, 3.05) is 0 Å². The minimum atomic E-state index is -0.667. The molecule has 0 radical (unpaired) electrons. The summed E-state index contributed by atoms with van der Waals surface area (Å²) in [5.41, 5.74) is 2.61. The summed E-state index contributed by atoms with van der Waals surface area (Å²) in [6, 6.07) is 11.2. The molecular weight excluding hydrogens is 539 g/mol. The lowest BCUT2D eigenvalue weighted by Crippen LogP contribution is -2.65. The summed E-state index contributed by atoms with van der Waals surface area (Å²) in [5, 5.41) is 7.35. The van der Waals surface area contributed by atoms with Gasteiger partial charge in [-0.3, -0.25) is 14.6 Å². The molecule has 8 nitrogen and oxygen atoms in total. The third-order valence-electron chi connectivity index (χ3n) is 10.5. The van der Waals surface area contributed by atoms with Crippen LogP contribution in [0.15, 0.2) is 42.6 Å². The minimum absolute atomic E-state index is 0.0488. The summed E-state index contributed by atoms with van der Waals surface area (Å²) in [7, 11) is -0.503. The Kier molecular flexibility index (Phi) is 7.87. The SMILES string of the molecule is CC(C)C[C@H](NC(=O)[C@H](CC(C)C)NC(=O)Cn1c2ccccc2c2ncccc21)B1O[C@@H]2C[C@@H]3C[C@@H](C3(C)C)[C@]2(C)O1. The highest BCUT2D eigenvalue weighted by Gasteiger charge is 2.68. The van der Waals surface area contributed by atoms with Crippen molar-refractivity contribution in [1.82, 2.24) is 20.2 Å². The Morgan fingerprint density at radius 3 is 2.44 bits per heavy atom. The molecule has 9 heteroatoms. The molecule has 3 aliphatic carbocycles. The molecular formula is C34H47BN4O4. The second-order valence-electron chi connectivity index (χ2n) is 14.8. The highest BCUT2D eigenvalue weighted by Crippen LogP contribution is 2.65. The number of rotatable bonds is 10. The normalized spacial score (nSPS) is 27.3. The maximum Gasteiger partial charge on any atom is 0.481 e. The largest absolute Gasteiger partial charge is 0.481 e. The lowest BCUT2D eigenvalue weighted by atomic mass is 9.43. The van der Waals surface area contributed by atoms with Gasteiger partial charge in [-0.05, 0) is 79.9 Å². The van der Waals surface area contributed by atoms with Gasteiger partial charge < -0.3 is 24.5 Å². The summed E-state index contributed by atoms with van der Waals surface area (Å²) in [4.78, 5) is 32.0. The summed E-state index contributed by atoms with van der Waals surface area (Å²) in [6.45, 7) is 15.4. The summed E-state index contributed by atoms with van der Waals surface area (Å²) >= 11 is 0. The second-order valence-corrected chi connectivity index (χ2v) is 14.8. The van der Waals surface area contributed by atoms with Crippen LogP contribution in [0.5, 0.6) is 0 Å². The van der Waals surface area contributed by atoms with Crippen molar-refractivity contribution in [3.8, 4) is 0 Å². The zero-order chi connectivity index (χ0) is 30.7. The summed E-state index contributed by atoms with van der Waals surface area (Å²) in [6.07, 6.45) is 5.27. The Balaban J connectivity index is 1.18. The molecule has 1 aromatic carbocycles. The highest BCUT2D eigenvalue weighted by atomic mass is 16.7. The molecule has 2 amide bonds. The van der Waals surface area contributed by atoms with Crippen molar-refractivity contribution in [2.45, 2.75) is 104 Å². The Hall–Kier alpha value is -2.91. The van der Waals surface area contributed by atoms with Gasteiger partial charge in [-0.15, -0.1) is 0 Å². The number of nitrogens with one attached hydrogen (secondary N) is 2. The number of carbonyl (C=O) groups is 2. The van der Waals surface area contributed by atoms with E-state index in [0.717, 1.165) is 34.8 Å². The molecule has 4 fully saturated rings. The number of pyridine rings is 1. The number of para-hydroxylation sites is 1. The first-order valence-electron chi connectivity index (χ1n) is 16.1. The first-order chi connectivity index (χ1) is 20.4. The van der Waals surface area contributed by atoms with Crippen LogP contribution in [-0.4, -0.2) is 52.2 Å². The summed E-state index contributed by atoms with van der Waals surface area (Å²) in [5.74, 6) is 0.965. The third-order valence-corrected chi connectivity index (χ3v) is 10.5. The molecule has 1 aliphatic heterocycles. The van der Waals surface area contributed by atoms with Gasteiger partial charge in [-0.25, -0.2) is 0 Å². The Bertz CT molecular complexity index is 1470. The van der Waals surface area contributed by atoms with Crippen LogP contribution < -0.4 is 10.6 Å². The van der Waals surface area contributed by atoms with Gasteiger partial charge in [0.05, 0.1) is 34.2 Å². The average Bonchev–Trinajstić information content (AvgIpc) is 3.47. The van der Waals surface area contributed by atoms with Gasteiger partial charge in [0.1, 0.15) is 12.6 Å². The Morgan fingerprint density at radius 2 is 1.72 bits per heavy atom. The van der Waals surface area contributed by atoms with Crippen molar-refractivity contribution in [3.05, 3.63) is 42.6 Å². The van der Waals surface area contributed by atoms with Crippen LogP contribution in [0.25, 0.3) is 21.9 Å². The third kappa shape index (κ3) is 5.37. The Morgan fingerprint density at radius 1 is 1.00 bits per heavy atom. The molecule has 3 heterocycles. The van der Waals surface area contributed by atoms with Gasteiger partial charge in [-0.1, -0.05) is 59.7 Å². The van der Waals surface area contributed by atoms with Gasteiger partial charge in [0.15, 0.2) is 0 Å². The van der Waals surface area contributed by atoms with Gasteiger partial charge >= 0.3 is 7.12 Å². The number of fused-ring (bicyclic) bond motifs is 3. The van der Waals surface area contributed by atoms with Crippen LogP contribution in [0.3, 0.4) is 0 Å². The average molecular weight is 587 g/mol. The van der Waals surface area contributed by atoms with Gasteiger partial charge in [0, 0.05) is 11.6 Å². The molecule has 43 heavy (non-hydrogen) atoms. The monoisotopic (exact) mass is 586 g/mol. The van der Waals surface area contributed by atoms with Gasteiger partial charge in [-0.2, -0.15) is 0 Å². The molecule has 230 valence electrons. The fourth-order valence-electron chi connectivity index (χ4n) is 8.22. The molecule has 0 spiro atoms. The Labute approximate surface area is 255 Å². The molecule has 4 aliphatic rings. The lowest BCUT2D eigenvalue weighted by Gasteiger charge is -2.64. The van der Waals surface area contributed by atoms with Crippen LogP contribution in [0.4, 0.5) is 0 Å². The quantitative estimate of drug-likeness (QED) is 0.305. The van der Waals surface area contributed by atoms with E-state index in [1.165, 1.54) is 6.42 Å². The maximum atomic E-state index is 13.9. The van der Waals surface area contributed by atoms with Crippen molar-refractivity contribution in [2.24, 2.45) is 29.1 Å². The van der Waals surface area contributed by atoms with Crippen LogP contribution >= 0.6 is 0 Å². The highest BCUT2D eigenvalue weighted by molar-refractivity contribution is 6.48. The number of hydrogen-bond acceptors (Lipinski definition) is 5. The topological polar surface area (TPSA) is 94.5 Å². The van der Waals surface area contributed by atoms with Crippen LogP contribution in [0, 0.1) is 29.1 Å². The van der Waals surface area contributed by atoms with E-state index in [1.807, 2.05) is 41.0 Å². The van der Waals surface area contributed by atoms with Gasteiger partial charge in [0.2, 0.25) is 11.8 Å².